The number of nitrogens with one attached hydrogen (secondary N) is 1. The van der Waals surface area contributed by atoms with E-state index in [2.05, 4.69) is 29.2 Å². The molecule has 0 spiro atoms. The Morgan fingerprint density at radius 1 is 1.31 bits per heavy atom. The van der Waals surface area contributed by atoms with Crippen LogP contribution in [0.2, 0.25) is 0 Å². The maximum Gasteiger partial charge on any atom is 0.325 e. The van der Waals surface area contributed by atoms with Crippen LogP contribution in [0, 0.1) is 11.7 Å². The van der Waals surface area contributed by atoms with Gasteiger partial charge in [0.05, 0.1) is 11.3 Å². The van der Waals surface area contributed by atoms with Gasteiger partial charge in [-0.2, -0.15) is 9.61 Å². The third kappa shape index (κ3) is 5.23. The minimum atomic E-state index is -0.735. The fraction of sp³-hybridized carbons (Fsp3) is 0.316. The molecule has 29 heavy (non-hydrogen) atoms. The van der Waals surface area contributed by atoms with Crippen LogP contribution in [0.25, 0.3) is 4.96 Å². The van der Waals surface area contributed by atoms with Gasteiger partial charge in [-0.1, -0.05) is 37.3 Å². The average molecular weight is 418 g/mol. The highest BCUT2D eigenvalue weighted by atomic mass is 32.1. The molecule has 2 aromatic heterocycles. The molecule has 3 aromatic rings. The van der Waals surface area contributed by atoms with Gasteiger partial charge >= 0.3 is 5.97 Å². The van der Waals surface area contributed by atoms with Crippen LogP contribution in [0.1, 0.15) is 34.9 Å². The van der Waals surface area contributed by atoms with Crippen LogP contribution in [0.4, 0.5) is 4.39 Å². The molecule has 0 aliphatic rings. The van der Waals surface area contributed by atoms with E-state index in [4.69, 9.17) is 4.74 Å². The molecule has 0 aliphatic carbocycles. The van der Waals surface area contributed by atoms with Crippen molar-refractivity contribution in [3.8, 4) is 0 Å². The summed E-state index contributed by atoms with van der Waals surface area (Å²) >= 11 is 1.31. The molecule has 10 heteroatoms. The standard InChI is InChI=1S/C19H19FN4O4S/c1-11(2)7-15-23-24-16(25)8-12(22-19(24)29-15)10-28-17(26)9-21-18(27)13-5-3-4-6-14(13)20/h3-6,8,11H,7,9-10H2,1-2H3,(H,21,27). The van der Waals surface area contributed by atoms with Crippen molar-refractivity contribution >= 4 is 28.2 Å². The summed E-state index contributed by atoms with van der Waals surface area (Å²) in [5.74, 6) is -1.74. The highest BCUT2D eigenvalue weighted by Gasteiger charge is 2.14. The van der Waals surface area contributed by atoms with E-state index < -0.39 is 24.2 Å². The Bertz CT molecular complexity index is 1110. The van der Waals surface area contributed by atoms with Gasteiger partial charge in [-0.25, -0.2) is 9.37 Å². The van der Waals surface area contributed by atoms with E-state index >= 15 is 0 Å². The van der Waals surface area contributed by atoms with E-state index in [0.29, 0.717) is 10.9 Å². The molecule has 2 heterocycles. The average Bonchev–Trinajstić information content (AvgIpc) is 3.07. The Morgan fingerprint density at radius 2 is 2.07 bits per heavy atom. The number of rotatable bonds is 7. The summed E-state index contributed by atoms with van der Waals surface area (Å²) in [7, 11) is 0. The predicted octanol–water partition coefficient (Wildman–Crippen LogP) is 1.96. The van der Waals surface area contributed by atoms with Crippen LogP contribution in [0.3, 0.4) is 0 Å². The molecule has 152 valence electrons. The fourth-order valence-electron chi connectivity index (χ4n) is 2.50. The molecule has 0 unspecified atom stereocenters. The summed E-state index contributed by atoms with van der Waals surface area (Å²) in [4.78, 5) is 40.7. The lowest BCUT2D eigenvalue weighted by atomic mass is 10.1. The largest absolute Gasteiger partial charge is 0.458 e. The van der Waals surface area contributed by atoms with Gasteiger partial charge in [0.25, 0.3) is 11.5 Å². The first kappa shape index (κ1) is 20.6. The number of aromatic nitrogens is 3. The van der Waals surface area contributed by atoms with Crippen molar-refractivity contribution in [2.45, 2.75) is 26.9 Å². The van der Waals surface area contributed by atoms with Crippen molar-refractivity contribution < 1.29 is 18.7 Å². The van der Waals surface area contributed by atoms with Gasteiger partial charge in [0.2, 0.25) is 4.96 Å². The number of carbonyl (C=O) groups is 2. The number of ether oxygens (including phenoxy) is 1. The van der Waals surface area contributed by atoms with Crippen LogP contribution in [0.5, 0.6) is 0 Å². The molecular weight excluding hydrogens is 399 g/mol. The zero-order valence-corrected chi connectivity index (χ0v) is 16.7. The molecule has 1 amide bonds. The van der Waals surface area contributed by atoms with Gasteiger partial charge in [-0.15, -0.1) is 0 Å². The van der Waals surface area contributed by atoms with Crippen molar-refractivity contribution in [3.63, 3.8) is 0 Å². The first-order chi connectivity index (χ1) is 13.8. The molecule has 3 rings (SSSR count). The van der Waals surface area contributed by atoms with Crippen LogP contribution in [-0.4, -0.2) is 33.0 Å². The third-order valence-corrected chi connectivity index (χ3v) is 4.75. The number of carbonyl (C=O) groups excluding carboxylic acids is 2. The molecule has 0 bridgehead atoms. The molecule has 0 saturated heterocycles. The summed E-state index contributed by atoms with van der Waals surface area (Å²) < 4.78 is 19.8. The smallest absolute Gasteiger partial charge is 0.325 e. The van der Waals surface area contributed by atoms with E-state index in [1.54, 1.807) is 0 Å². The van der Waals surface area contributed by atoms with E-state index in [9.17, 15) is 18.8 Å². The van der Waals surface area contributed by atoms with Crippen LogP contribution < -0.4 is 10.9 Å². The number of hydrogen-bond acceptors (Lipinski definition) is 7. The van der Waals surface area contributed by atoms with Crippen molar-refractivity contribution in [3.05, 3.63) is 62.8 Å². The highest BCUT2D eigenvalue weighted by molar-refractivity contribution is 7.16. The van der Waals surface area contributed by atoms with E-state index in [0.717, 1.165) is 17.5 Å². The number of esters is 1. The van der Waals surface area contributed by atoms with Gasteiger partial charge in [-0.3, -0.25) is 14.4 Å². The minimum Gasteiger partial charge on any atom is -0.458 e. The molecule has 8 nitrogen and oxygen atoms in total. The Kier molecular flexibility index (Phi) is 6.32. The monoisotopic (exact) mass is 418 g/mol. The molecule has 0 atom stereocenters. The van der Waals surface area contributed by atoms with Gasteiger partial charge in [-0.05, 0) is 18.1 Å². The first-order valence-electron chi connectivity index (χ1n) is 8.90. The quantitative estimate of drug-likeness (QED) is 0.589. The number of nitrogens with zero attached hydrogens (tertiary/aromatic N) is 3. The molecule has 0 saturated carbocycles. The maximum atomic E-state index is 13.5. The molecule has 1 N–H and O–H groups in total. The molecule has 0 fully saturated rings. The SMILES string of the molecule is CC(C)Cc1nn2c(=O)cc(COC(=O)CNC(=O)c3ccccc3F)nc2s1. The Labute approximate surface area is 169 Å². The zero-order chi connectivity index (χ0) is 21.0. The number of fused-ring (bicyclic) bond motifs is 1. The van der Waals surface area contributed by atoms with Gasteiger partial charge in [0, 0.05) is 12.5 Å². The molecule has 0 radical (unpaired) electrons. The molecule has 1 aromatic carbocycles. The normalized spacial score (nSPS) is 11.0. The van der Waals surface area contributed by atoms with Crippen LogP contribution in [-0.2, 0) is 22.6 Å². The zero-order valence-electron chi connectivity index (χ0n) is 15.8. The van der Waals surface area contributed by atoms with Crippen molar-refractivity contribution in [2.24, 2.45) is 5.92 Å². The minimum absolute atomic E-state index is 0.164. The van der Waals surface area contributed by atoms with Crippen LogP contribution >= 0.6 is 11.3 Å². The third-order valence-electron chi connectivity index (χ3n) is 3.82. The maximum absolute atomic E-state index is 13.5. The second-order valence-electron chi connectivity index (χ2n) is 6.70. The lowest BCUT2D eigenvalue weighted by Crippen LogP contribution is -2.31. The lowest BCUT2D eigenvalue weighted by Gasteiger charge is -2.07. The predicted molar refractivity (Wildman–Crippen MR) is 104 cm³/mol. The fourth-order valence-corrected chi connectivity index (χ4v) is 3.63. The Hall–Kier alpha value is -3.14. The number of hydrogen-bond donors (Lipinski definition) is 1. The highest BCUT2D eigenvalue weighted by Crippen LogP contribution is 2.15. The number of benzene rings is 1. The summed E-state index contributed by atoms with van der Waals surface area (Å²) in [6, 6.07) is 6.69. The van der Waals surface area contributed by atoms with Crippen LogP contribution in [0.15, 0.2) is 35.1 Å². The first-order valence-corrected chi connectivity index (χ1v) is 9.72. The van der Waals surface area contributed by atoms with E-state index in [1.165, 1.54) is 40.1 Å². The second kappa shape index (κ2) is 8.91. The van der Waals surface area contributed by atoms with E-state index in [-0.39, 0.29) is 23.4 Å². The summed E-state index contributed by atoms with van der Waals surface area (Å²) in [5.41, 5.74) is -0.244. The van der Waals surface area contributed by atoms with Crippen molar-refractivity contribution in [1.29, 1.82) is 0 Å². The topological polar surface area (TPSA) is 103 Å². The molecule has 0 aliphatic heterocycles. The second-order valence-corrected chi connectivity index (χ2v) is 7.74. The lowest BCUT2D eigenvalue weighted by molar-refractivity contribution is -0.143. The number of halogens is 1. The summed E-state index contributed by atoms with van der Waals surface area (Å²) in [6.45, 7) is 3.45. The van der Waals surface area contributed by atoms with Crippen molar-refractivity contribution in [1.82, 2.24) is 19.9 Å². The Morgan fingerprint density at radius 3 is 2.79 bits per heavy atom. The molecular formula is C19H19FN4O4S. The summed E-state index contributed by atoms with van der Waals surface area (Å²) in [5, 5.41) is 7.34. The number of amides is 1. The summed E-state index contributed by atoms with van der Waals surface area (Å²) in [6.07, 6.45) is 0.736. The van der Waals surface area contributed by atoms with Gasteiger partial charge in [0.1, 0.15) is 24.0 Å². The van der Waals surface area contributed by atoms with Gasteiger partial charge < -0.3 is 10.1 Å². The van der Waals surface area contributed by atoms with E-state index in [1.807, 2.05) is 0 Å². The van der Waals surface area contributed by atoms with Crippen molar-refractivity contribution in [2.75, 3.05) is 6.54 Å². The Balaban J connectivity index is 1.58. The van der Waals surface area contributed by atoms with Gasteiger partial charge in [0.15, 0.2) is 0 Å².